The first-order valence-corrected chi connectivity index (χ1v) is 8.23. The van der Waals surface area contributed by atoms with E-state index in [1.54, 1.807) is 0 Å². The number of benzene rings is 1. The standard InChI is InChI=1S/C16H22N4S/c1-12(2)19-8-10-20(11-9-19)16-14(15(17)18-21-16)13-6-4-3-5-7-13/h3-7,12H,8-11H2,1-2H3,(H2,17,18). The number of rotatable bonds is 3. The van der Waals surface area contributed by atoms with E-state index in [1.807, 2.05) is 18.2 Å². The topological polar surface area (TPSA) is 45.4 Å². The van der Waals surface area contributed by atoms with E-state index in [0.717, 1.165) is 37.3 Å². The quantitative estimate of drug-likeness (QED) is 0.947. The minimum absolute atomic E-state index is 0.618. The Balaban J connectivity index is 1.85. The molecule has 2 heterocycles. The summed E-state index contributed by atoms with van der Waals surface area (Å²) in [6, 6.07) is 11.0. The maximum absolute atomic E-state index is 6.12. The number of anilines is 2. The summed E-state index contributed by atoms with van der Waals surface area (Å²) < 4.78 is 4.39. The van der Waals surface area contributed by atoms with Gasteiger partial charge < -0.3 is 10.6 Å². The molecule has 1 aromatic heterocycles. The predicted octanol–water partition coefficient (Wildman–Crippen LogP) is 2.92. The van der Waals surface area contributed by atoms with Crippen molar-refractivity contribution in [3.63, 3.8) is 0 Å². The number of piperazine rings is 1. The van der Waals surface area contributed by atoms with E-state index in [9.17, 15) is 0 Å². The molecule has 1 saturated heterocycles. The van der Waals surface area contributed by atoms with Crippen LogP contribution < -0.4 is 10.6 Å². The van der Waals surface area contributed by atoms with Gasteiger partial charge in [0.05, 0.1) is 5.56 Å². The number of nitrogens with zero attached hydrogens (tertiary/aromatic N) is 3. The Morgan fingerprint density at radius 1 is 1.10 bits per heavy atom. The fourth-order valence-corrected chi connectivity index (χ4v) is 3.71. The molecule has 0 spiro atoms. The van der Waals surface area contributed by atoms with Gasteiger partial charge in [0, 0.05) is 32.2 Å². The molecule has 2 N–H and O–H groups in total. The Bertz CT molecular complexity index is 586. The molecular formula is C16H22N4S. The van der Waals surface area contributed by atoms with Gasteiger partial charge in [0.2, 0.25) is 0 Å². The smallest absolute Gasteiger partial charge is 0.147 e. The molecule has 3 rings (SSSR count). The summed E-state index contributed by atoms with van der Waals surface area (Å²) in [5, 5.41) is 1.21. The minimum Gasteiger partial charge on any atom is -0.382 e. The monoisotopic (exact) mass is 302 g/mol. The zero-order chi connectivity index (χ0) is 14.8. The van der Waals surface area contributed by atoms with Crippen molar-refractivity contribution in [1.29, 1.82) is 0 Å². The lowest BCUT2D eigenvalue weighted by atomic mass is 10.1. The molecule has 1 aliphatic heterocycles. The summed E-state index contributed by atoms with van der Waals surface area (Å²) in [7, 11) is 0. The molecule has 0 saturated carbocycles. The van der Waals surface area contributed by atoms with Crippen molar-refractivity contribution in [3.05, 3.63) is 30.3 Å². The third-order valence-electron chi connectivity index (χ3n) is 4.09. The largest absolute Gasteiger partial charge is 0.382 e. The molecule has 1 aromatic carbocycles. The first-order valence-electron chi connectivity index (χ1n) is 7.46. The van der Waals surface area contributed by atoms with E-state index >= 15 is 0 Å². The second-order valence-electron chi connectivity index (χ2n) is 5.73. The Labute approximate surface area is 130 Å². The SMILES string of the molecule is CC(C)N1CCN(c2snc(N)c2-c2ccccc2)CC1. The van der Waals surface area contributed by atoms with Crippen molar-refractivity contribution in [2.75, 3.05) is 36.8 Å². The lowest BCUT2D eigenvalue weighted by Gasteiger charge is -2.37. The van der Waals surface area contributed by atoms with Crippen LogP contribution in [-0.2, 0) is 0 Å². The van der Waals surface area contributed by atoms with Gasteiger partial charge in [0.15, 0.2) is 0 Å². The van der Waals surface area contributed by atoms with Crippen LogP contribution in [0.4, 0.5) is 10.8 Å². The van der Waals surface area contributed by atoms with Crippen LogP contribution in [0.5, 0.6) is 0 Å². The molecule has 21 heavy (non-hydrogen) atoms. The van der Waals surface area contributed by atoms with Gasteiger partial charge in [-0.1, -0.05) is 30.3 Å². The van der Waals surface area contributed by atoms with Gasteiger partial charge in [-0.15, -0.1) is 0 Å². The van der Waals surface area contributed by atoms with Gasteiger partial charge in [-0.3, -0.25) is 4.90 Å². The van der Waals surface area contributed by atoms with Gasteiger partial charge >= 0.3 is 0 Å². The molecule has 0 bridgehead atoms. The third-order valence-corrected chi connectivity index (χ3v) is 5.02. The zero-order valence-electron chi connectivity index (χ0n) is 12.6. The molecule has 1 aliphatic rings. The van der Waals surface area contributed by atoms with E-state index in [1.165, 1.54) is 16.5 Å². The lowest BCUT2D eigenvalue weighted by Crippen LogP contribution is -2.48. The highest BCUT2D eigenvalue weighted by Crippen LogP contribution is 2.39. The van der Waals surface area contributed by atoms with Crippen LogP contribution >= 0.6 is 11.5 Å². The van der Waals surface area contributed by atoms with Crippen molar-refractivity contribution in [2.24, 2.45) is 0 Å². The van der Waals surface area contributed by atoms with Crippen LogP contribution in [0, 0.1) is 0 Å². The van der Waals surface area contributed by atoms with Crippen molar-refractivity contribution in [3.8, 4) is 11.1 Å². The van der Waals surface area contributed by atoms with E-state index in [0.29, 0.717) is 11.9 Å². The summed E-state index contributed by atoms with van der Waals surface area (Å²) >= 11 is 1.52. The Kier molecular flexibility index (Phi) is 4.12. The predicted molar refractivity (Wildman–Crippen MR) is 90.9 cm³/mol. The normalized spacial score (nSPS) is 16.6. The highest BCUT2D eigenvalue weighted by atomic mass is 32.1. The van der Waals surface area contributed by atoms with Gasteiger partial charge in [0.1, 0.15) is 10.8 Å². The van der Waals surface area contributed by atoms with Crippen molar-refractivity contribution in [2.45, 2.75) is 19.9 Å². The molecule has 0 unspecified atom stereocenters. The fraction of sp³-hybridized carbons (Fsp3) is 0.438. The highest BCUT2D eigenvalue weighted by molar-refractivity contribution is 7.11. The lowest BCUT2D eigenvalue weighted by molar-refractivity contribution is 0.210. The molecule has 0 amide bonds. The maximum atomic E-state index is 6.12. The Morgan fingerprint density at radius 3 is 2.38 bits per heavy atom. The van der Waals surface area contributed by atoms with Crippen LogP contribution in [0.1, 0.15) is 13.8 Å². The van der Waals surface area contributed by atoms with Gasteiger partial charge in [0.25, 0.3) is 0 Å². The summed E-state index contributed by atoms with van der Waals surface area (Å²) in [6.07, 6.45) is 0. The van der Waals surface area contributed by atoms with Gasteiger partial charge in [-0.05, 0) is 30.9 Å². The maximum Gasteiger partial charge on any atom is 0.147 e. The van der Waals surface area contributed by atoms with Crippen molar-refractivity contribution in [1.82, 2.24) is 9.27 Å². The first kappa shape index (κ1) is 14.4. The third kappa shape index (κ3) is 2.89. The minimum atomic E-state index is 0.618. The van der Waals surface area contributed by atoms with Crippen LogP contribution in [0.2, 0.25) is 0 Å². The average Bonchev–Trinajstić information content (AvgIpc) is 2.90. The summed E-state index contributed by atoms with van der Waals surface area (Å²) in [5.41, 5.74) is 8.37. The molecule has 5 heteroatoms. The number of hydrogen-bond donors (Lipinski definition) is 1. The molecule has 2 aromatic rings. The summed E-state index contributed by atoms with van der Waals surface area (Å²) in [6.45, 7) is 8.80. The van der Waals surface area contributed by atoms with Crippen LogP contribution in [-0.4, -0.2) is 41.5 Å². The summed E-state index contributed by atoms with van der Waals surface area (Å²) in [4.78, 5) is 4.94. The second-order valence-corrected chi connectivity index (χ2v) is 6.48. The van der Waals surface area contributed by atoms with Crippen LogP contribution in [0.3, 0.4) is 0 Å². The number of aromatic nitrogens is 1. The molecule has 0 radical (unpaired) electrons. The fourth-order valence-electron chi connectivity index (χ4n) is 2.83. The molecular weight excluding hydrogens is 280 g/mol. The zero-order valence-corrected chi connectivity index (χ0v) is 13.4. The van der Waals surface area contributed by atoms with E-state index in [-0.39, 0.29) is 0 Å². The molecule has 0 aliphatic carbocycles. The van der Waals surface area contributed by atoms with Crippen LogP contribution in [0.25, 0.3) is 11.1 Å². The molecule has 4 nitrogen and oxygen atoms in total. The number of nitrogen functional groups attached to an aromatic ring is 1. The first-order chi connectivity index (χ1) is 10.2. The molecule has 112 valence electrons. The van der Waals surface area contributed by atoms with Gasteiger partial charge in [-0.25, -0.2) is 0 Å². The van der Waals surface area contributed by atoms with Crippen LogP contribution in [0.15, 0.2) is 30.3 Å². The summed E-state index contributed by atoms with van der Waals surface area (Å²) in [5.74, 6) is 0.646. The van der Waals surface area contributed by atoms with E-state index in [2.05, 4.69) is 40.2 Å². The van der Waals surface area contributed by atoms with E-state index in [4.69, 9.17) is 5.73 Å². The van der Waals surface area contributed by atoms with Gasteiger partial charge in [-0.2, -0.15) is 4.37 Å². The highest BCUT2D eigenvalue weighted by Gasteiger charge is 2.24. The Morgan fingerprint density at radius 2 is 1.76 bits per heavy atom. The number of hydrogen-bond acceptors (Lipinski definition) is 5. The van der Waals surface area contributed by atoms with Crippen molar-refractivity contribution < 1.29 is 0 Å². The number of nitrogens with two attached hydrogens (primary N) is 1. The Hall–Kier alpha value is -1.59. The van der Waals surface area contributed by atoms with Crippen molar-refractivity contribution >= 4 is 22.4 Å². The average molecular weight is 302 g/mol. The molecule has 1 fully saturated rings. The molecule has 0 atom stereocenters. The van der Waals surface area contributed by atoms with E-state index < -0.39 is 0 Å². The second kappa shape index (κ2) is 6.03.